The number of aromatic nitrogens is 2. The van der Waals surface area contributed by atoms with E-state index in [1.165, 1.54) is 0 Å². The fraction of sp³-hybridized carbons (Fsp3) is 0.571. The third-order valence-corrected chi connectivity index (χ3v) is 5.54. The fourth-order valence-corrected chi connectivity index (χ4v) is 3.83. The van der Waals surface area contributed by atoms with Crippen molar-refractivity contribution in [3.05, 3.63) is 30.1 Å². The molecule has 0 aliphatic carbocycles. The summed E-state index contributed by atoms with van der Waals surface area (Å²) < 4.78 is 0. The van der Waals surface area contributed by atoms with Crippen LogP contribution in [0.2, 0.25) is 0 Å². The monoisotopic (exact) mass is 385 g/mol. The highest BCUT2D eigenvalue weighted by Crippen LogP contribution is 2.30. The summed E-state index contributed by atoms with van der Waals surface area (Å²) in [6, 6.07) is 5.95. The van der Waals surface area contributed by atoms with E-state index in [9.17, 15) is 9.90 Å². The average Bonchev–Trinajstić information content (AvgIpc) is 2.68. The number of likely N-dealkylation sites (N-methyl/N-ethyl adjacent to an activating group) is 1. The van der Waals surface area contributed by atoms with E-state index in [4.69, 9.17) is 5.73 Å². The van der Waals surface area contributed by atoms with Gasteiger partial charge >= 0.3 is 0 Å². The summed E-state index contributed by atoms with van der Waals surface area (Å²) in [5.74, 6) is 0.0732. The van der Waals surface area contributed by atoms with E-state index >= 15 is 0 Å². The van der Waals surface area contributed by atoms with Crippen LogP contribution in [-0.4, -0.2) is 64.7 Å². The molecule has 0 atom stereocenters. The van der Waals surface area contributed by atoms with E-state index in [0.29, 0.717) is 32.4 Å². The summed E-state index contributed by atoms with van der Waals surface area (Å²) in [5, 5.41) is 11.0. The minimum Gasteiger partial charge on any atom is -0.388 e. The number of amides is 1. The molecule has 0 unspecified atom stereocenters. The Kier molecular flexibility index (Phi) is 6.46. The van der Waals surface area contributed by atoms with Crippen molar-refractivity contribution in [2.45, 2.75) is 44.6 Å². The van der Waals surface area contributed by atoms with Crippen LogP contribution < -0.4 is 10.6 Å². The van der Waals surface area contributed by atoms with Crippen LogP contribution in [0.5, 0.6) is 0 Å². The molecule has 2 aromatic rings. The van der Waals surface area contributed by atoms with Gasteiger partial charge in [0.15, 0.2) is 0 Å². The number of unbranched alkanes of at least 4 members (excludes halogenated alkanes) is 1. The van der Waals surface area contributed by atoms with Crippen LogP contribution in [0, 0.1) is 6.92 Å². The number of rotatable bonds is 7. The van der Waals surface area contributed by atoms with Gasteiger partial charge in [0.1, 0.15) is 5.52 Å². The second kappa shape index (κ2) is 8.84. The maximum Gasteiger partial charge on any atom is 0.222 e. The number of carbonyl (C=O) groups excluding carboxylic acids is 1. The molecule has 7 heteroatoms. The largest absolute Gasteiger partial charge is 0.388 e. The summed E-state index contributed by atoms with van der Waals surface area (Å²) in [5.41, 5.74) is 8.45. The molecule has 0 saturated carbocycles. The fourth-order valence-electron chi connectivity index (χ4n) is 3.83. The number of nitrogens with two attached hydrogens (primary N) is 1. The number of fused-ring (bicyclic) bond motifs is 1. The Bertz CT molecular complexity index is 818. The highest BCUT2D eigenvalue weighted by Gasteiger charge is 2.35. The Morgan fingerprint density at radius 1 is 1.29 bits per heavy atom. The number of nitrogens with zero attached hydrogens (tertiary/aromatic N) is 4. The number of hydrogen-bond acceptors (Lipinski definition) is 6. The number of aryl methyl sites for hydroxylation is 1. The lowest BCUT2D eigenvalue weighted by Crippen LogP contribution is -2.51. The summed E-state index contributed by atoms with van der Waals surface area (Å²) in [6.07, 6.45) is 5.18. The predicted molar refractivity (Wildman–Crippen MR) is 111 cm³/mol. The SMILES string of the molecule is Cc1ccc2nccc(N3CCC(O)(CN(C)C(=O)CCCCN)CC3)c2n1. The number of anilines is 1. The van der Waals surface area contributed by atoms with Gasteiger partial charge < -0.3 is 20.6 Å². The summed E-state index contributed by atoms with van der Waals surface area (Å²) >= 11 is 0. The maximum absolute atomic E-state index is 12.2. The molecule has 28 heavy (non-hydrogen) atoms. The third kappa shape index (κ3) is 4.77. The van der Waals surface area contributed by atoms with Crippen LogP contribution in [0.15, 0.2) is 24.4 Å². The summed E-state index contributed by atoms with van der Waals surface area (Å²) in [7, 11) is 1.78. The van der Waals surface area contributed by atoms with Gasteiger partial charge in [0, 0.05) is 45.0 Å². The molecule has 3 N–H and O–H groups in total. The lowest BCUT2D eigenvalue weighted by atomic mass is 9.90. The molecular formula is C21H31N5O2. The Labute approximate surface area is 166 Å². The molecule has 7 nitrogen and oxygen atoms in total. The average molecular weight is 386 g/mol. The van der Waals surface area contributed by atoms with E-state index in [-0.39, 0.29) is 5.91 Å². The van der Waals surface area contributed by atoms with Gasteiger partial charge in [0.05, 0.1) is 16.8 Å². The highest BCUT2D eigenvalue weighted by atomic mass is 16.3. The Hall–Kier alpha value is -2.25. The second-order valence-corrected chi connectivity index (χ2v) is 7.86. The van der Waals surface area contributed by atoms with Crippen molar-refractivity contribution in [1.29, 1.82) is 0 Å². The van der Waals surface area contributed by atoms with Crippen LogP contribution in [0.1, 0.15) is 37.8 Å². The molecule has 0 spiro atoms. The van der Waals surface area contributed by atoms with Gasteiger partial charge in [-0.15, -0.1) is 0 Å². The molecule has 0 aromatic carbocycles. The molecule has 1 saturated heterocycles. The van der Waals surface area contributed by atoms with E-state index in [2.05, 4.69) is 14.9 Å². The molecule has 3 heterocycles. The van der Waals surface area contributed by atoms with E-state index in [1.54, 1.807) is 11.9 Å². The van der Waals surface area contributed by atoms with Crippen molar-refractivity contribution in [2.24, 2.45) is 5.73 Å². The third-order valence-electron chi connectivity index (χ3n) is 5.54. The van der Waals surface area contributed by atoms with Gasteiger partial charge in [-0.25, -0.2) is 4.98 Å². The van der Waals surface area contributed by atoms with Gasteiger partial charge in [-0.05, 0) is 57.4 Å². The zero-order valence-electron chi connectivity index (χ0n) is 16.9. The molecule has 0 radical (unpaired) electrons. The molecule has 1 aliphatic heterocycles. The van der Waals surface area contributed by atoms with Crippen molar-refractivity contribution in [1.82, 2.24) is 14.9 Å². The molecule has 3 rings (SSSR count). The first kappa shape index (κ1) is 20.5. The van der Waals surface area contributed by atoms with E-state index in [0.717, 1.165) is 48.3 Å². The van der Waals surface area contributed by atoms with Crippen LogP contribution in [0.4, 0.5) is 5.69 Å². The van der Waals surface area contributed by atoms with Crippen LogP contribution in [0.3, 0.4) is 0 Å². The molecule has 1 fully saturated rings. The minimum atomic E-state index is -0.846. The summed E-state index contributed by atoms with van der Waals surface area (Å²) in [4.78, 5) is 25.2. The topological polar surface area (TPSA) is 95.6 Å². The summed E-state index contributed by atoms with van der Waals surface area (Å²) in [6.45, 7) is 4.40. The van der Waals surface area contributed by atoms with E-state index < -0.39 is 5.60 Å². The molecule has 2 aromatic heterocycles. The predicted octanol–water partition coefficient (Wildman–Crippen LogP) is 1.86. The second-order valence-electron chi connectivity index (χ2n) is 7.86. The quantitative estimate of drug-likeness (QED) is 0.707. The van der Waals surface area contributed by atoms with Gasteiger partial charge in [-0.2, -0.15) is 0 Å². The number of hydrogen-bond donors (Lipinski definition) is 2. The normalized spacial score (nSPS) is 16.4. The maximum atomic E-state index is 12.2. The van der Waals surface area contributed by atoms with Crippen molar-refractivity contribution < 1.29 is 9.90 Å². The van der Waals surface area contributed by atoms with Crippen LogP contribution in [-0.2, 0) is 4.79 Å². The van der Waals surface area contributed by atoms with Gasteiger partial charge in [0.25, 0.3) is 0 Å². The van der Waals surface area contributed by atoms with Crippen molar-refractivity contribution in [3.63, 3.8) is 0 Å². The van der Waals surface area contributed by atoms with Crippen LogP contribution in [0.25, 0.3) is 11.0 Å². The number of carbonyl (C=O) groups is 1. The van der Waals surface area contributed by atoms with Gasteiger partial charge in [-0.1, -0.05) is 0 Å². The van der Waals surface area contributed by atoms with Gasteiger partial charge in [-0.3, -0.25) is 9.78 Å². The minimum absolute atomic E-state index is 0.0732. The standard InChI is InChI=1S/C21H31N5O2/c1-16-6-7-17-20(24-16)18(8-12-23-17)26-13-9-21(28,10-14-26)15-25(2)19(27)5-3-4-11-22/h6-8,12,28H,3-5,9-11,13-15,22H2,1-2H3. The molecular weight excluding hydrogens is 354 g/mol. The molecule has 152 valence electrons. The zero-order chi connectivity index (χ0) is 20.1. The Morgan fingerprint density at radius 3 is 2.75 bits per heavy atom. The van der Waals surface area contributed by atoms with Crippen molar-refractivity contribution >= 4 is 22.6 Å². The zero-order valence-corrected chi connectivity index (χ0v) is 16.9. The Morgan fingerprint density at radius 2 is 2.04 bits per heavy atom. The number of piperidine rings is 1. The smallest absolute Gasteiger partial charge is 0.222 e. The number of aliphatic hydroxyl groups is 1. The van der Waals surface area contributed by atoms with E-state index in [1.807, 2.05) is 31.3 Å². The molecule has 0 bridgehead atoms. The van der Waals surface area contributed by atoms with Crippen molar-refractivity contribution in [3.8, 4) is 0 Å². The van der Waals surface area contributed by atoms with Gasteiger partial charge in [0.2, 0.25) is 5.91 Å². The van der Waals surface area contributed by atoms with Crippen molar-refractivity contribution in [2.75, 3.05) is 38.1 Å². The first-order valence-electron chi connectivity index (χ1n) is 10.1. The first-order chi connectivity index (χ1) is 13.4. The lowest BCUT2D eigenvalue weighted by molar-refractivity contribution is -0.134. The number of pyridine rings is 2. The molecule has 1 amide bonds. The Balaban J connectivity index is 1.62. The lowest BCUT2D eigenvalue weighted by Gasteiger charge is -2.41. The highest BCUT2D eigenvalue weighted by molar-refractivity contribution is 5.88. The van der Waals surface area contributed by atoms with Crippen LogP contribution >= 0.6 is 0 Å². The molecule has 1 aliphatic rings. The first-order valence-corrected chi connectivity index (χ1v) is 10.1.